The van der Waals surface area contributed by atoms with Crippen LogP contribution < -0.4 is 0 Å². The van der Waals surface area contributed by atoms with E-state index in [1.165, 1.54) is 64.2 Å². The maximum atomic E-state index is 8.60. The van der Waals surface area contributed by atoms with Gasteiger partial charge in [-0.3, -0.25) is 0 Å². The minimum Gasteiger partial charge on any atom is -0.394 e. The molecule has 378 valence electrons. The number of aliphatic hydroxyl groups is 1. The Morgan fingerprint density at radius 1 is 0.365 bits per heavy atom. The summed E-state index contributed by atoms with van der Waals surface area (Å²) in [5.41, 5.74) is 0. The summed E-state index contributed by atoms with van der Waals surface area (Å²) in [6.45, 7) is 22.0. The predicted molar refractivity (Wildman–Crippen MR) is 242 cm³/mol. The first-order valence-electron chi connectivity index (χ1n) is 24.4. The van der Waals surface area contributed by atoms with Gasteiger partial charge in [0.25, 0.3) is 0 Å². The highest BCUT2D eigenvalue weighted by molar-refractivity contribution is 4.74. The lowest BCUT2D eigenvalue weighted by molar-refractivity contribution is -0.0375. The number of ether oxygens (including phenoxy) is 15. The zero-order valence-electron chi connectivity index (χ0n) is 40.2. The summed E-state index contributed by atoms with van der Waals surface area (Å²) in [4.78, 5) is 0. The smallest absolute Gasteiger partial charge is 0.0704 e. The van der Waals surface area contributed by atoms with Gasteiger partial charge in [0.15, 0.2) is 0 Å². The summed E-state index contributed by atoms with van der Waals surface area (Å²) in [7, 11) is 0. The van der Waals surface area contributed by atoms with Crippen LogP contribution in [-0.4, -0.2) is 209 Å². The minimum absolute atomic E-state index is 0.0236. The van der Waals surface area contributed by atoms with Crippen molar-refractivity contribution < 1.29 is 76.2 Å². The molecule has 16 nitrogen and oxygen atoms in total. The van der Waals surface area contributed by atoms with Crippen LogP contribution in [0.25, 0.3) is 0 Å². The first kappa shape index (κ1) is 60.4. The first-order valence-corrected chi connectivity index (χ1v) is 24.4. The number of hydrogen-bond acceptors (Lipinski definition) is 16. The molecule has 3 unspecified atom stereocenters. The van der Waals surface area contributed by atoms with E-state index in [1.54, 1.807) is 0 Å². The van der Waals surface area contributed by atoms with Gasteiger partial charge in [-0.15, -0.1) is 0 Å². The highest BCUT2D eigenvalue weighted by Crippen LogP contribution is 2.31. The lowest BCUT2D eigenvalue weighted by Crippen LogP contribution is -2.24. The van der Waals surface area contributed by atoms with E-state index in [9.17, 15) is 0 Å². The van der Waals surface area contributed by atoms with Crippen molar-refractivity contribution in [2.75, 3.05) is 198 Å². The zero-order valence-corrected chi connectivity index (χ0v) is 40.2. The molecule has 1 aliphatic carbocycles. The van der Waals surface area contributed by atoms with Crippen molar-refractivity contribution in [2.24, 2.45) is 17.8 Å². The normalized spacial score (nSPS) is 16.1. The fourth-order valence-electron chi connectivity index (χ4n) is 6.73. The molecule has 0 spiro atoms. The maximum Gasteiger partial charge on any atom is 0.0704 e. The second kappa shape index (κ2) is 50.8. The topological polar surface area (TPSA) is 159 Å². The van der Waals surface area contributed by atoms with E-state index < -0.39 is 0 Å². The van der Waals surface area contributed by atoms with E-state index in [1.807, 2.05) is 0 Å². The average molecular weight is 915 g/mol. The average Bonchev–Trinajstić information content (AvgIpc) is 3.28. The molecule has 1 N–H and O–H groups in total. The van der Waals surface area contributed by atoms with Crippen LogP contribution in [0.5, 0.6) is 0 Å². The lowest BCUT2D eigenvalue weighted by atomic mass is 9.83. The number of hydrogen-bond donors (Lipinski definition) is 1. The first-order chi connectivity index (χ1) is 31.1. The fraction of sp³-hybridized carbons (Fsp3) is 1.00. The predicted octanol–water partition coefficient (Wildman–Crippen LogP) is 5.42. The molecule has 16 heteroatoms. The molecule has 0 saturated heterocycles. The van der Waals surface area contributed by atoms with Gasteiger partial charge < -0.3 is 76.2 Å². The molecule has 0 aromatic heterocycles. The molecule has 1 rings (SSSR count). The molecule has 0 radical (unpaired) electrons. The van der Waals surface area contributed by atoms with Crippen LogP contribution in [0.15, 0.2) is 0 Å². The number of rotatable bonds is 53. The van der Waals surface area contributed by atoms with E-state index >= 15 is 0 Å². The Labute approximate surface area is 382 Å². The summed E-state index contributed by atoms with van der Waals surface area (Å²) >= 11 is 0. The Bertz CT molecular complexity index is 862. The van der Waals surface area contributed by atoms with Gasteiger partial charge in [-0.2, -0.15) is 0 Å². The Morgan fingerprint density at radius 2 is 0.667 bits per heavy atom. The molecule has 1 aliphatic rings. The van der Waals surface area contributed by atoms with Crippen molar-refractivity contribution in [1.29, 1.82) is 0 Å². The monoisotopic (exact) mass is 915 g/mol. The van der Waals surface area contributed by atoms with Gasteiger partial charge in [-0.05, 0) is 30.6 Å². The van der Waals surface area contributed by atoms with E-state index in [2.05, 4.69) is 20.8 Å². The Hall–Kier alpha value is -0.640. The molecular formula is C47H94O16. The van der Waals surface area contributed by atoms with Crippen molar-refractivity contribution in [2.45, 2.75) is 91.1 Å². The van der Waals surface area contributed by atoms with Gasteiger partial charge in [-0.1, -0.05) is 72.1 Å². The summed E-state index contributed by atoms with van der Waals surface area (Å²) in [6.07, 6.45) is 13.7. The SMILES string of the molecule is CC(C)CCCC(C)CCCC1CCCC(OCCOCCOCCOCCOCCOCCOCCOCCOCCOCCOCCOCCOCCOCCOCCO)C1. The Morgan fingerprint density at radius 3 is 0.984 bits per heavy atom. The standard InChI is InChI=1S/C47H94O16/c1-44(2)7-4-8-45(3)9-5-10-46-11-6-12-47(43-46)63-42-41-62-40-39-61-38-37-60-36-35-59-34-33-58-32-31-57-30-29-56-28-27-55-26-25-54-24-23-53-22-21-52-20-19-51-18-17-50-16-15-49-14-13-48/h44-48H,4-43H2,1-3H3. The molecule has 0 aromatic carbocycles. The molecule has 0 bridgehead atoms. The molecule has 63 heavy (non-hydrogen) atoms. The molecule has 3 atom stereocenters. The summed E-state index contributed by atoms with van der Waals surface area (Å²) < 4.78 is 83.0. The minimum atomic E-state index is 0.0236. The van der Waals surface area contributed by atoms with Crippen LogP contribution in [0, 0.1) is 17.8 Å². The summed E-state index contributed by atoms with van der Waals surface area (Å²) in [5.74, 6) is 2.53. The van der Waals surface area contributed by atoms with Crippen molar-refractivity contribution in [3.63, 3.8) is 0 Å². The maximum absolute atomic E-state index is 8.60. The van der Waals surface area contributed by atoms with E-state index in [4.69, 9.17) is 76.2 Å². The third-order valence-corrected chi connectivity index (χ3v) is 10.2. The molecule has 0 aromatic rings. The van der Waals surface area contributed by atoms with Crippen LogP contribution in [0.2, 0.25) is 0 Å². The van der Waals surface area contributed by atoms with Crippen LogP contribution in [-0.2, 0) is 71.1 Å². The second-order valence-corrected chi connectivity index (χ2v) is 16.2. The molecule has 0 heterocycles. The molecule has 0 amide bonds. The number of aliphatic hydroxyl groups excluding tert-OH is 1. The molecule has 1 saturated carbocycles. The third-order valence-electron chi connectivity index (χ3n) is 10.2. The molecule has 0 aliphatic heterocycles. The highest BCUT2D eigenvalue weighted by Gasteiger charge is 2.22. The van der Waals surface area contributed by atoms with Gasteiger partial charge in [0.1, 0.15) is 0 Å². The van der Waals surface area contributed by atoms with Gasteiger partial charge in [-0.25, -0.2) is 0 Å². The third kappa shape index (κ3) is 47.7. The molecule has 1 fully saturated rings. The van der Waals surface area contributed by atoms with Crippen molar-refractivity contribution in [1.82, 2.24) is 0 Å². The van der Waals surface area contributed by atoms with Crippen molar-refractivity contribution in [3.8, 4) is 0 Å². The van der Waals surface area contributed by atoms with Crippen LogP contribution >= 0.6 is 0 Å². The van der Waals surface area contributed by atoms with E-state index in [-0.39, 0.29) is 6.61 Å². The molecular weight excluding hydrogens is 821 g/mol. The lowest BCUT2D eigenvalue weighted by Gasteiger charge is -2.29. The summed E-state index contributed by atoms with van der Waals surface area (Å²) in [6, 6.07) is 0. The highest BCUT2D eigenvalue weighted by atomic mass is 16.6. The van der Waals surface area contributed by atoms with E-state index in [0.29, 0.717) is 198 Å². The van der Waals surface area contributed by atoms with Crippen molar-refractivity contribution in [3.05, 3.63) is 0 Å². The van der Waals surface area contributed by atoms with Crippen LogP contribution in [0.4, 0.5) is 0 Å². The van der Waals surface area contributed by atoms with Crippen molar-refractivity contribution >= 4 is 0 Å². The Kier molecular flexibility index (Phi) is 48.7. The Balaban J connectivity index is 1.66. The quantitative estimate of drug-likeness (QED) is 0.0771. The fourth-order valence-corrected chi connectivity index (χ4v) is 6.73. The zero-order chi connectivity index (χ0) is 45.2. The van der Waals surface area contributed by atoms with E-state index in [0.717, 1.165) is 17.8 Å². The van der Waals surface area contributed by atoms with Gasteiger partial charge >= 0.3 is 0 Å². The van der Waals surface area contributed by atoms with Crippen LogP contribution in [0.1, 0.15) is 85.0 Å². The van der Waals surface area contributed by atoms with Crippen LogP contribution in [0.3, 0.4) is 0 Å². The summed E-state index contributed by atoms with van der Waals surface area (Å²) in [5, 5.41) is 8.60. The second-order valence-electron chi connectivity index (χ2n) is 16.2. The van der Waals surface area contributed by atoms with Gasteiger partial charge in [0.2, 0.25) is 0 Å². The largest absolute Gasteiger partial charge is 0.394 e. The van der Waals surface area contributed by atoms with Gasteiger partial charge in [0.05, 0.1) is 204 Å². The van der Waals surface area contributed by atoms with Gasteiger partial charge in [0, 0.05) is 0 Å².